The SMILES string of the molecule is CCCCS(=O)(=O)NC=CCO. The Balaban J connectivity index is 3.80. The maximum absolute atomic E-state index is 11.0. The first-order valence-electron chi connectivity index (χ1n) is 3.88. The second-order valence-corrected chi connectivity index (χ2v) is 4.25. The summed E-state index contributed by atoms with van der Waals surface area (Å²) in [6.45, 7) is 1.77. The van der Waals surface area contributed by atoms with Crippen LogP contribution in [0, 0.1) is 0 Å². The fourth-order valence-electron chi connectivity index (χ4n) is 0.598. The van der Waals surface area contributed by atoms with Crippen LogP contribution in [0.2, 0.25) is 0 Å². The van der Waals surface area contributed by atoms with Crippen molar-refractivity contribution in [3.63, 3.8) is 0 Å². The zero-order valence-corrected chi connectivity index (χ0v) is 7.97. The number of aliphatic hydroxyl groups excluding tert-OH is 1. The molecule has 0 atom stereocenters. The molecular weight excluding hydrogens is 178 g/mol. The van der Waals surface area contributed by atoms with E-state index in [1.165, 1.54) is 12.3 Å². The van der Waals surface area contributed by atoms with E-state index in [9.17, 15) is 8.42 Å². The van der Waals surface area contributed by atoms with Crippen molar-refractivity contribution in [2.45, 2.75) is 19.8 Å². The Morgan fingerprint density at radius 2 is 2.17 bits per heavy atom. The van der Waals surface area contributed by atoms with Gasteiger partial charge in [-0.05, 0) is 12.5 Å². The molecule has 5 heteroatoms. The van der Waals surface area contributed by atoms with Gasteiger partial charge in [0.05, 0.1) is 12.4 Å². The van der Waals surface area contributed by atoms with Crippen LogP contribution in [-0.4, -0.2) is 25.9 Å². The average Bonchev–Trinajstić information content (AvgIpc) is 2.01. The summed E-state index contributed by atoms with van der Waals surface area (Å²) >= 11 is 0. The van der Waals surface area contributed by atoms with E-state index in [2.05, 4.69) is 4.72 Å². The first-order chi connectivity index (χ1) is 5.62. The second-order valence-electron chi connectivity index (χ2n) is 2.38. The molecule has 4 nitrogen and oxygen atoms in total. The Labute approximate surface area is 73.3 Å². The molecule has 0 heterocycles. The van der Waals surface area contributed by atoms with Gasteiger partial charge in [-0.15, -0.1) is 0 Å². The molecule has 0 rings (SSSR count). The van der Waals surface area contributed by atoms with Gasteiger partial charge in [0.15, 0.2) is 0 Å². The van der Waals surface area contributed by atoms with Crippen molar-refractivity contribution in [3.8, 4) is 0 Å². The van der Waals surface area contributed by atoms with E-state index in [1.54, 1.807) is 0 Å². The summed E-state index contributed by atoms with van der Waals surface area (Å²) in [5.74, 6) is 0.138. The highest BCUT2D eigenvalue weighted by Gasteiger charge is 2.04. The Hall–Kier alpha value is -0.550. The fraction of sp³-hybridized carbons (Fsp3) is 0.714. The molecule has 0 aromatic rings. The van der Waals surface area contributed by atoms with Crippen LogP contribution in [0.5, 0.6) is 0 Å². The Kier molecular flexibility index (Phi) is 5.74. The third kappa shape index (κ3) is 6.18. The lowest BCUT2D eigenvalue weighted by molar-refractivity contribution is 0.342. The van der Waals surface area contributed by atoms with Crippen LogP contribution in [0.25, 0.3) is 0 Å². The van der Waals surface area contributed by atoms with E-state index in [0.717, 1.165) is 6.42 Å². The van der Waals surface area contributed by atoms with E-state index in [-0.39, 0.29) is 12.4 Å². The molecule has 0 aromatic heterocycles. The van der Waals surface area contributed by atoms with Gasteiger partial charge in [0.25, 0.3) is 0 Å². The van der Waals surface area contributed by atoms with E-state index in [0.29, 0.717) is 6.42 Å². The van der Waals surface area contributed by atoms with Gasteiger partial charge in [0, 0.05) is 6.20 Å². The molecule has 0 saturated heterocycles. The van der Waals surface area contributed by atoms with E-state index in [1.807, 2.05) is 6.92 Å². The van der Waals surface area contributed by atoms with E-state index >= 15 is 0 Å². The summed E-state index contributed by atoms with van der Waals surface area (Å²) < 4.78 is 24.3. The number of sulfonamides is 1. The smallest absolute Gasteiger partial charge is 0.232 e. The van der Waals surface area contributed by atoms with Gasteiger partial charge in [-0.2, -0.15) is 0 Å². The summed E-state index contributed by atoms with van der Waals surface area (Å²) in [6.07, 6.45) is 4.08. The molecule has 0 fully saturated rings. The largest absolute Gasteiger partial charge is 0.392 e. The summed E-state index contributed by atoms with van der Waals surface area (Å²) in [5.41, 5.74) is 0. The maximum atomic E-state index is 11.0. The van der Waals surface area contributed by atoms with Crippen LogP contribution in [0.4, 0.5) is 0 Å². The highest BCUT2D eigenvalue weighted by Crippen LogP contribution is 1.92. The molecule has 12 heavy (non-hydrogen) atoms. The fourth-order valence-corrected chi connectivity index (χ4v) is 1.69. The molecule has 0 aliphatic rings. The Bertz CT molecular complexity index is 221. The molecule has 0 radical (unpaired) electrons. The second kappa shape index (κ2) is 6.02. The highest BCUT2D eigenvalue weighted by atomic mass is 32.2. The van der Waals surface area contributed by atoms with Crippen molar-refractivity contribution in [2.75, 3.05) is 12.4 Å². The number of rotatable bonds is 6. The molecule has 0 aliphatic heterocycles. The van der Waals surface area contributed by atoms with Gasteiger partial charge >= 0.3 is 0 Å². The molecule has 72 valence electrons. The van der Waals surface area contributed by atoms with Crippen molar-refractivity contribution in [1.82, 2.24) is 4.72 Å². The summed E-state index contributed by atoms with van der Waals surface area (Å²) in [7, 11) is -3.16. The molecule has 2 N–H and O–H groups in total. The number of hydrogen-bond donors (Lipinski definition) is 2. The molecule has 0 saturated carbocycles. The third-order valence-electron chi connectivity index (χ3n) is 1.24. The van der Waals surface area contributed by atoms with Crippen LogP contribution < -0.4 is 4.72 Å². The zero-order chi connectivity index (χ0) is 9.45. The molecular formula is C7H15NO3S. The van der Waals surface area contributed by atoms with Gasteiger partial charge in [-0.1, -0.05) is 13.3 Å². The standard InChI is InChI=1S/C7H15NO3S/c1-2-3-7-12(10,11)8-5-4-6-9/h4-5,8-9H,2-3,6-7H2,1H3. The number of aliphatic hydroxyl groups is 1. The lowest BCUT2D eigenvalue weighted by Crippen LogP contribution is -2.21. The lowest BCUT2D eigenvalue weighted by atomic mass is 10.4. The lowest BCUT2D eigenvalue weighted by Gasteiger charge is -2.01. The predicted molar refractivity (Wildman–Crippen MR) is 48.1 cm³/mol. The normalized spacial score (nSPS) is 12.2. The summed E-state index contributed by atoms with van der Waals surface area (Å²) in [5, 5.41) is 8.32. The number of nitrogens with one attached hydrogen (secondary N) is 1. The monoisotopic (exact) mass is 193 g/mol. The summed E-state index contributed by atoms with van der Waals surface area (Å²) in [4.78, 5) is 0. The van der Waals surface area contributed by atoms with Gasteiger partial charge in [-0.25, -0.2) is 8.42 Å². The molecule has 0 bridgehead atoms. The van der Waals surface area contributed by atoms with Crippen molar-refractivity contribution in [2.24, 2.45) is 0 Å². The van der Waals surface area contributed by atoms with E-state index < -0.39 is 10.0 Å². The first-order valence-corrected chi connectivity index (χ1v) is 5.53. The van der Waals surface area contributed by atoms with Crippen LogP contribution in [0.3, 0.4) is 0 Å². The predicted octanol–water partition coefficient (Wildman–Crippen LogP) is 0.212. The number of hydrogen-bond acceptors (Lipinski definition) is 3. The maximum Gasteiger partial charge on any atom is 0.232 e. The molecule has 0 amide bonds. The first kappa shape index (κ1) is 11.4. The number of unbranched alkanes of at least 4 members (excludes halogenated alkanes) is 1. The minimum atomic E-state index is -3.16. The van der Waals surface area contributed by atoms with Crippen LogP contribution in [0.15, 0.2) is 12.3 Å². The Morgan fingerprint density at radius 1 is 1.50 bits per heavy atom. The highest BCUT2D eigenvalue weighted by molar-refractivity contribution is 7.89. The minimum absolute atomic E-state index is 0.138. The van der Waals surface area contributed by atoms with Crippen molar-refractivity contribution in [3.05, 3.63) is 12.3 Å². The van der Waals surface area contributed by atoms with Crippen molar-refractivity contribution < 1.29 is 13.5 Å². The molecule has 0 unspecified atom stereocenters. The average molecular weight is 193 g/mol. The zero-order valence-electron chi connectivity index (χ0n) is 7.16. The topological polar surface area (TPSA) is 66.4 Å². The summed E-state index contributed by atoms with van der Waals surface area (Å²) in [6, 6.07) is 0. The van der Waals surface area contributed by atoms with Crippen LogP contribution >= 0.6 is 0 Å². The van der Waals surface area contributed by atoms with Gasteiger partial charge < -0.3 is 5.11 Å². The van der Waals surface area contributed by atoms with E-state index in [4.69, 9.17) is 5.11 Å². The van der Waals surface area contributed by atoms with Crippen LogP contribution in [0.1, 0.15) is 19.8 Å². The third-order valence-corrected chi connectivity index (χ3v) is 2.56. The van der Waals surface area contributed by atoms with Gasteiger partial charge in [0.2, 0.25) is 10.0 Å². The quantitative estimate of drug-likeness (QED) is 0.634. The van der Waals surface area contributed by atoms with Gasteiger partial charge in [0.1, 0.15) is 0 Å². The van der Waals surface area contributed by atoms with Gasteiger partial charge in [-0.3, -0.25) is 4.72 Å². The van der Waals surface area contributed by atoms with Crippen molar-refractivity contribution in [1.29, 1.82) is 0 Å². The molecule has 0 aromatic carbocycles. The minimum Gasteiger partial charge on any atom is -0.392 e. The van der Waals surface area contributed by atoms with Crippen LogP contribution in [-0.2, 0) is 10.0 Å². The molecule has 0 aliphatic carbocycles. The van der Waals surface area contributed by atoms with Crippen molar-refractivity contribution >= 4 is 10.0 Å². The Morgan fingerprint density at radius 3 is 2.67 bits per heavy atom. The molecule has 0 spiro atoms.